The van der Waals surface area contributed by atoms with E-state index in [1.54, 1.807) is 6.26 Å². The Hall–Kier alpha value is -1.66. The van der Waals surface area contributed by atoms with Crippen LogP contribution in [0.3, 0.4) is 0 Å². The van der Waals surface area contributed by atoms with Gasteiger partial charge in [-0.15, -0.1) is 0 Å². The van der Waals surface area contributed by atoms with Crippen molar-refractivity contribution in [3.8, 4) is 0 Å². The predicted octanol–water partition coefficient (Wildman–Crippen LogP) is 2.72. The molecule has 1 aliphatic rings. The molecule has 1 saturated heterocycles. The van der Waals surface area contributed by atoms with Crippen LogP contribution in [0.5, 0.6) is 0 Å². The molecule has 1 aromatic carbocycles. The van der Waals surface area contributed by atoms with Gasteiger partial charge in [-0.1, -0.05) is 44.2 Å². The maximum atomic E-state index is 5.69. The van der Waals surface area contributed by atoms with Gasteiger partial charge in [-0.25, -0.2) is 5.43 Å². The largest absolute Gasteiger partial charge is 0.468 e. The van der Waals surface area contributed by atoms with Crippen molar-refractivity contribution in [1.29, 1.82) is 0 Å². The quantitative estimate of drug-likeness (QED) is 0.654. The Kier molecular flexibility index (Phi) is 6.64. The number of benzene rings is 1. The highest BCUT2D eigenvalue weighted by Crippen LogP contribution is 2.25. The Morgan fingerprint density at radius 2 is 1.96 bits per heavy atom. The van der Waals surface area contributed by atoms with E-state index in [0.29, 0.717) is 12.0 Å². The first kappa shape index (κ1) is 18.1. The van der Waals surface area contributed by atoms with Gasteiger partial charge in [0.1, 0.15) is 5.76 Å². The van der Waals surface area contributed by atoms with Crippen molar-refractivity contribution in [2.45, 2.75) is 25.9 Å². The molecule has 0 radical (unpaired) electrons. The van der Waals surface area contributed by atoms with E-state index in [-0.39, 0.29) is 6.04 Å². The molecule has 1 aliphatic heterocycles. The van der Waals surface area contributed by atoms with Crippen LogP contribution >= 0.6 is 0 Å². The third kappa shape index (κ3) is 4.50. The molecule has 2 heterocycles. The molecular weight excluding hydrogens is 312 g/mol. The maximum Gasteiger partial charge on any atom is 0.122 e. The second-order valence-electron chi connectivity index (χ2n) is 6.58. The molecule has 25 heavy (non-hydrogen) atoms. The molecule has 1 aromatic heterocycles. The zero-order chi connectivity index (χ0) is 17.5. The second-order valence-corrected chi connectivity index (χ2v) is 6.58. The van der Waals surface area contributed by atoms with Gasteiger partial charge in [0.25, 0.3) is 0 Å². The van der Waals surface area contributed by atoms with Crippen LogP contribution in [-0.2, 0) is 0 Å². The molecule has 0 spiro atoms. The fourth-order valence-electron chi connectivity index (χ4n) is 3.70. The van der Waals surface area contributed by atoms with Crippen LogP contribution in [0.1, 0.15) is 37.3 Å². The lowest BCUT2D eigenvalue weighted by molar-refractivity contribution is 0.186. The van der Waals surface area contributed by atoms with Gasteiger partial charge in [0.2, 0.25) is 0 Å². The van der Waals surface area contributed by atoms with E-state index < -0.39 is 0 Å². The van der Waals surface area contributed by atoms with Gasteiger partial charge in [0.05, 0.1) is 18.3 Å². The van der Waals surface area contributed by atoms with Crippen molar-refractivity contribution in [2.24, 2.45) is 5.92 Å². The summed E-state index contributed by atoms with van der Waals surface area (Å²) in [7, 11) is 0. The summed E-state index contributed by atoms with van der Waals surface area (Å²) < 4.78 is 5.69. The number of rotatable bonds is 9. The highest BCUT2D eigenvalue weighted by Gasteiger charge is 2.28. The smallest absolute Gasteiger partial charge is 0.122 e. The fraction of sp³-hybridized carbons (Fsp3) is 0.500. The van der Waals surface area contributed by atoms with Gasteiger partial charge in [-0.3, -0.25) is 10.3 Å². The van der Waals surface area contributed by atoms with Crippen molar-refractivity contribution >= 4 is 0 Å². The second kappa shape index (κ2) is 9.15. The van der Waals surface area contributed by atoms with Crippen molar-refractivity contribution in [1.82, 2.24) is 21.1 Å². The normalized spacial score (nSPS) is 21.7. The van der Waals surface area contributed by atoms with E-state index >= 15 is 0 Å². The van der Waals surface area contributed by atoms with Crippen LogP contribution in [-0.4, -0.2) is 37.6 Å². The first-order valence-corrected chi connectivity index (χ1v) is 9.35. The summed E-state index contributed by atoms with van der Waals surface area (Å²) in [5.74, 6) is 1.56. The van der Waals surface area contributed by atoms with Gasteiger partial charge in [0.15, 0.2) is 0 Å². The first-order chi connectivity index (χ1) is 12.3. The number of hydrogen-bond acceptors (Lipinski definition) is 5. The molecule has 3 unspecified atom stereocenters. The number of nitrogens with one attached hydrogen (secondary N) is 3. The standard InChI is InChI=1S/C20H30N4O/c1-3-24(4-2)18(19-11-8-12-25-19)15-21-13-17-14-22-23-20(17)16-9-6-5-7-10-16/h5-12,17-18,20-23H,3-4,13-15H2,1-2H3. The fourth-order valence-corrected chi connectivity index (χ4v) is 3.70. The topological polar surface area (TPSA) is 52.5 Å². The predicted molar refractivity (Wildman–Crippen MR) is 101 cm³/mol. The monoisotopic (exact) mass is 342 g/mol. The molecule has 136 valence electrons. The van der Waals surface area contributed by atoms with E-state index in [0.717, 1.165) is 38.5 Å². The molecule has 0 saturated carbocycles. The Morgan fingerprint density at radius 3 is 2.64 bits per heavy atom. The molecule has 1 fully saturated rings. The van der Waals surface area contributed by atoms with E-state index in [2.05, 4.69) is 71.3 Å². The van der Waals surface area contributed by atoms with Gasteiger partial charge < -0.3 is 9.73 Å². The Balaban J connectivity index is 1.58. The summed E-state index contributed by atoms with van der Waals surface area (Å²) in [5.41, 5.74) is 8.07. The van der Waals surface area contributed by atoms with Crippen LogP contribution in [0.15, 0.2) is 53.1 Å². The molecule has 0 bridgehead atoms. The average Bonchev–Trinajstić information content (AvgIpc) is 3.34. The van der Waals surface area contributed by atoms with Crippen LogP contribution in [0.25, 0.3) is 0 Å². The summed E-state index contributed by atoms with van der Waals surface area (Å²) >= 11 is 0. The highest BCUT2D eigenvalue weighted by atomic mass is 16.3. The minimum absolute atomic E-state index is 0.280. The molecule has 3 rings (SSSR count). The molecule has 5 heteroatoms. The molecule has 2 aromatic rings. The van der Waals surface area contributed by atoms with E-state index in [4.69, 9.17) is 4.42 Å². The summed E-state index contributed by atoms with van der Waals surface area (Å²) in [5, 5.41) is 3.68. The third-order valence-electron chi connectivity index (χ3n) is 5.12. The van der Waals surface area contributed by atoms with Crippen LogP contribution < -0.4 is 16.2 Å². The summed E-state index contributed by atoms with van der Waals surface area (Å²) in [6.07, 6.45) is 1.77. The van der Waals surface area contributed by atoms with Gasteiger partial charge in [-0.05, 0) is 30.8 Å². The van der Waals surface area contributed by atoms with Gasteiger partial charge in [-0.2, -0.15) is 0 Å². The summed E-state index contributed by atoms with van der Waals surface area (Å²) in [6.45, 7) is 9.28. The van der Waals surface area contributed by atoms with Gasteiger partial charge in [0, 0.05) is 25.6 Å². The number of hydrogen-bond donors (Lipinski definition) is 3. The Morgan fingerprint density at radius 1 is 1.16 bits per heavy atom. The third-order valence-corrected chi connectivity index (χ3v) is 5.12. The molecule has 0 aliphatic carbocycles. The van der Waals surface area contributed by atoms with E-state index in [9.17, 15) is 0 Å². The van der Waals surface area contributed by atoms with Crippen LogP contribution in [0, 0.1) is 5.92 Å². The number of nitrogens with zero attached hydrogens (tertiary/aromatic N) is 1. The number of likely N-dealkylation sites (N-methyl/N-ethyl adjacent to an activating group) is 1. The van der Waals surface area contributed by atoms with Crippen molar-refractivity contribution < 1.29 is 4.42 Å². The lowest BCUT2D eigenvalue weighted by Gasteiger charge is -2.29. The molecule has 0 amide bonds. The summed E-state index contributed by atoms with van der Waals surface area (Å²) in [6, 6.07) is 15.3. The maximum absolute atomic E-state index is 5.69. The Bertz CT molecular complexity index is 597. The Labute approximate surface area is 150 Å². The van der Waals surface area contributed by atoms with E-state index in [1.807, 2.05) is 6.07 Å². The van der Waals surface area contributed by atoms with Crippen LogP contribution in [0.4, 0.5) is 0 Å². The molecular formula is C20H30N4O. The summed E-state index contributed by atoms with van der Waals surface area (Å²) in [4.78, 5) is 2.44. The first-order valence-electron chi connectivity index (χ1n) is 9.35. The number of hydrazine groups is 1. The molecule has 5 nitrogen and oxygen atoms in total. The van der Waals surface area contributed by atoms with Crippen molar-refractivity contribution in [3.05, 3.63) is 60.1 Å². The van der Waals surface area contributed by atoms with Crippen LogP contribution in [0.2, 0.25) is 0 Å². The zero-order valence-corrected chi connectivity index (χ0v) is 15.2. The SMILES string of the molecule is CCN(CC)C(CNCC1CNNC1c1ccccc1)c1ccco1. The molecule has 3 N–H and O–H groups in total. The minimum Gasteiger partial charge on any atom is -0.468 e. The zero-order valence-electron chi connectivity index (χ0n) is 15.2. The highest BCUT2D eigenvalue weighted by molar-refractivity contribution is 5.20. The lowest BCUT2D eigenvalue weighted by Crippen LogP contribution is -2.38. The lowest BCUT2D eigenvalue weighted by atomic mass is 9.95. The average molecular weight is 342 g/mol. The number of furan rings is 1. The minimum atomic E-state index is 0.280. The van der Waals surface area contributed by atoms with Crippen molar-refractivity contribution in [3.63, 3.8) is 0 Å². The molecule has 3 atom stereocenters. The van der Waals surface area contributed by atoms with E-state index in [1.165, 1.54) is 5.56 Å². The van der Waals surface area contributed by atoms with Crippen molar-refractivity contribution in [2.75, 3.05) is 32.7 Å². The van der Waals surface area contributed by atoms with Gasteiger partial charge >= 0.3 is 0 Å².